The number of carbonyl (C=O) groups is 1. The Labute approximate surface area is 133 Å². The number of aryl methyl sites for hydroxylation is 2. The quantitative estimate of drug-likeness (QED) is 0.887. The topological polar surface area (TPSA) is 32.3 Å². The summed E-state index contributed by atoms with van der Waals surface area (Å²) in [7, 11) is 0. The molecule has 2 rings (SSSR count). The van der Waals surface area contributed by atoms with Gasteiger partial charge in [0.25, 0.3) is 5.91 Å². The van der Waals surface area contributed by atoms with Gasteiger partial charge in [-0.05, 0) is 63.1 Å². The van der Waals surface area contributed by atoms with E-state index in [1.54, 1.807) is 0 Å². The van der Waals surface area contributed by atoms with E-state index in [9.17, 15) is 4.79 Å². The molecule has 2 aromatic carbocycles. The normalized spacial score (nSPS) is 10.4. The minimum absolute atomic E-state index is 0.0662. The fraction of sp³-hybridized carbons (Fsp3) is 0.316. The Morgan fingerprint density at radius 3 is 2.00 bits per heavy atom. The van der Waals surface area contributed by atoms with Crippen LogP contribution in [0.15, 0.2) is 42.5 Å². The van der Waals surface area contributed by atoms with Crippen molar-refractivity contribution in [3.8, 4) is 0 Å². The summed E-state index contributed by atoms with van der Waals surface area (Å²) in [6.45, 7) is 10.2. The Bertz CT molecular complexity index is 623. The summed E-state index contributed by atoms with van der Waals surface area (Å²) in [5.41, 5.74) is 4.88. The zero-order valence-corrected chi connectivity index (χ0v) is 13.8. The molecule has 3 nitrogen and oxygen atoms in total. The molecule has 0 fully saturated rings. The van der Waals surface area contributed by atoms with E-state index >= 15 is 0 Å². The zero-order valence-electron chi connectivity index (χ0n) is 13.8. The fourth-order valence-corrected chi connectivity index (χ4v) is 2.61. The summed E-state index contributed by atoms with van der Waals surface area (Å²) in [6, 6.07) is 13.8. The highest BCUT2D eigenvalue weighted by Crippen LogP contribution is 2.21. The van der Waals surface area contributed by atoms with Gasteiger partial charge in [0.05, 0.1) is 0 Å². The lowest BCUT2D eigenvalue weighted by atomic mass is 10.1. The number of benzene rings is 2. The largest absolute Gasteiger partial charge is 0.372 e. The number of carbonyl (C=O) groups excluding carboxylic acids is 1. The van der Waals surface area contributed by atoms with Gasteiger partial charge < -0.3 is 10.2 Å². The van der Waals surface area contributed by atoms with Crippen molar-refractivity contribution in [1.82, 2.24) is 0 Å². The lowest BCUT2D eigenvalue weighted by Crippen LogP contribution is -2.22. The average molecular weight is 296 g/mol. The first-order valence-electron chi connectivity index (χ1n) is 7.79. The van der Waals surface area contributed by atoms with Gasteiger partial charge in [-0.25, -0.2) is 0 Å². The predicted molar refractivity (Wildman–Crippen MR) is 93.9 cm³/mol. The summed E-state index contributed by atoms with van der Waals surface area (Å²) in [6.07, 6.45) is 0. The number of amides is 1. The summed E-state index contributed by atoms with van der Waals surface area (Å²) in [5, 5.41) is 3.02. The second-order valence-electron chi connectivity index (χ2n) is 5.44. The highest BCUT2D eigenvalue weighted by atomic mass is 16.1. The Hall–Kier alpha value is -2.29. The van der Waals surface area contributed by atoms with Gasteiger partial charge in [0, 0.05) is 30.0 Å². The molecule has 0 atom stereocenters. The SMILES string of the molecule is CCN(CC)c1ccc(C(=O)Nc2c(C)cccc2C)cc1. The van der Waals surface area contributed by atoms with E-state index in [2.05, 4.69) is 24.1 Å². The maximum atomic E-state index is 12.4. The third-order valence-corrected chi connectivity index (χ3v) is 3.98. The minimum atomic E-state index is -0.0662. The van der Waals surface area contributed by atoms with Crippen LogP contribution >= 0.6 is 0 Å². The van der Waals surface area contributed by atoms with Crippen molar-refractivity contribution in [1.29, 1.82) is 0 Å². The number of anilines is 2. The van der Waals surface area contributed by atoms with Gasteiger partial charge in [0.15, 0.2) is 0 Å². The Balaban J connectivity index is 2.17. The van der Waals surface area contributed by atoms with Crippen LogP contribution < -0.4 is 10.2 Å². The molecule has 2 aromatic rings. The van der Waals surface area contributed by atoms with Crippen molar-refractivity contribution in [2.45, 2.75) is 27.7 Å². The zero-order chi connectivity index (χ0) is 16.1. The van der Waals surface area contributed by atoms with Gasteiger partial charge in [0.2, 0.25) is 0 Å². The third kappa shape index (κ3) is 3.48. The van der Waals surface area contributed by atoms with Crippen LogP contribution in [0.5, 0.6) is 0 Å². The molecular formula is C19H24N2O. The van der Waals surface area contributed by atoms with Crippen molar-refractivity contribution in [2.24, 2.45) is 0 Å². The minimum Gasteiger partial charge on any atom is -0.372 e. The van der Waals surface area contributed by atoms with Crippen LogP contribution in [0.1, 0.15) is 35.3 Å². The molecule has 1 N–H and O–H groups in total. The molecule has 116 valence electrons. The number of nitrogens with zero attached hydrogens (tertiary/aromatic N) is 1. The fourth-order valence-electron chi connectivity index (χ4n) is 2.61. The van der Waals surface area contributed by atoms with Crippen molar-refractivity contribution in [3.05, 3.63) is 59.2 Å². The molecule has 1 amide bonds. The predicted octanol–water partition coefficient (Wildman–Crippen LogP) is 4.40. The summed E-state index contributed by atoms with van der Waals surface area (Å²) in [5.74, 6) is -0.0662. The van der Waals surface area contributed by atoms with Crippen molar-refractivity contribution >= 4 is 17.3 Å². The lowest BCUT2D eigenvalue weighted by molar-refractivity contribution is 0.102. The molecule has 0 unspecified atom stereocenters. The summed E-state index contributed by atoms with van der Waals surface area (Å²) >= 11 is 0. The Morgan fingerprint density at radius 2 is 1.50 bits per heavy atom. The number of rotatable bonds is 5. The standard InChI is InChI=1S/C19H24N2O/c1-5-21(6-2)17-12-10-16(11-13-17)19(22)20-18-14(3)8-7-9-15(18)4/h7-13H,5-6H2,1-4H3,(H,20,22). The van der Waals surface area contributed by atoms with Crippen LogP contribution in [0.2, 0.25) is 0 Å². The van der Waals surface area contributed by atoms with E-state index < -0.39 is 0 Å². The van der Waals surface area contributed by atoms with E-state index in [4.69, 9.17) is 0 Å². The van der Waals surface area contributed by atoms with Crippen LogP contribution in [0.25, 0.3) is 0 Å². The first kappa shape index (κ1) is 16.1. The van der Waals surface area contributed by atoms with E-state index in [-0.39, 0.29) is 5.91 Å². The van der Waals surface area contributed by atoms with Gasteiger partial charge in [-0.3, -0.25) is 4.79 Å². The van der Waals surface area contributed by atoms with E-state index in [1.807, 2.05) is 56.3 Å². The number of nitrogens with one attached hydrogen (secondary N) is 1. The van der Waals surface area contributed by atoms with Crippen molar-refractivity contribution in [2.75, 3.05) is 23.3 Å². The van der Waals surface area contributed by atoms with Crippen LogP contribution in [0, 0.1) is 13.8 Å². The molecule has 0 spiro atoms. The first-order chi connectivity index (χ1) is 10.6. The molecule has 0 saturated heterocycles. The third-order valence-electron chi connectivity index (χ3n) is 3.98. The average Bonchev–Trinajstić information content (AvgIpc) is 2.53. The number of hydrogen-bond acceptors (Lipinski definition) is 2. The highest BCUT2D eigenvalue weighted by molar-refractivity contribution is 6.05. The monoisotopic (exact) mass is 296 g/mol. The summed E-state index contributed by atoms with van der Waals surface area (Å²) in [4.78, 5) is 14.7. The van der Waals surface area contributed by atoms with E-state index in [1.165, 1.54) is 0 Å². The van der Waals surface area contributed by atoms with Crippen molar-refractivity contribution in [3.63, 3.8) is 0 Å². The smallest absolute Gasteiger partial charge is 0.255 e. The number of hydrogen-bond donors (Lipinski definition) is 1. The van der Waals surface area contributed by atoms with Crippen LogP contribution in [0.4, 0.5) is 11.4 Å². The molecule has 0 aliphatic heterocycles. The molecule has 0 radical (unpaired) electrons. The van der Waals surface area contributed by atoms with Crippen LogP contribution in [-0.4, -0.2) is 19.0 Å². The van der Waals surface area contributed by atoms with E-state index in [0.29, 0.717) is 5.56 Å². The first-order valence-corrected chi connectivity index (χ1v) is 7.79. The molecule has 0 aromatic heterocycles. The van der Waals surface area contributed by atoms with Gasteiger partial charge in [-0.1, -0.05) is 18.2 Å². The van der Waals surface area contributed by atoms with Crippen LogP contribution in [-0.2, 0) is 0 Å². The molecule has 3 heteroatoms. The maximum Gasteiger partial charge on any atom is 0.255 e. The van der Waals surface area contributed by atoms with Gasteiger partial charge >= 0.3 is 0 Å². The van der Waals surface area contributed by atoms with Crippen LogP contribution in [0.3, 0.4) is 0 Å². The maximum absolute atomic E-state index is 12.4. The Morgan fingerprint density at radius 1 is 0.955 bits per heavy atom. The summed E-state index contributed by atoms with van der Waals surface area (Å²) < 4.78 is 0. The molecule has 0 saturated carbocycles. The van der Waals surface area contributed by atoms with Gasteiger partial charge in [-0.15, -0.1) is 0 Å². The van der Waals surface area contributed by atoms with Gasteiger partial charge in [0.1, 0.15) is 0 Å². The second-order valence-corrected chi connectivity index (χ2v) is 5.44. The molecule has 0 bridgehead atoms. The van der Waals surface area contributed by atoms with Crippen molar-refractivity contribution < 1.29 is 4.79 Å². The van der Waals surface area contributed by atoms with E-state index in [0.717, 1.165) is 35.6 Å². The highest BCUT2D eigenvalue weighted by Gasteiger charge is 2.10. The molecule has 0 aliphatic carbocycles. The van der Waals surface area contributed by atoms with Gasteiger partial charge in [-0.2, -0.15) is 0 Å². The molecule has 22 heavy (non-hydrogen) atoms. The lowest BCUT2D eigenvalue weighted by Gasteiger charge is -2.21. The number of para-hydroxylation sites is 1. The molecular weight excluding hydrogens is 272 g/mol. The molecule has 0 heterocycles. The Kier molecular flexibility index (Phi) is 5.21. The second kappa shape index (κ2) is 7.12. The molecule has 0 aliphatic rings.